The first-order valence-electron chi connectivity index (χ1n) is 3.22. The maximum atomic E-state index is 12.4. The predicted octanol–water partition coefficient (Wildman–Crippen LogP) is 1.26. The Hall–Kier alpha value is -1.59. The Labute approximate surface area is 70.2 Å². The summed E-state index contributed by atoms with van der Waals surface area (Å²) in [5, 5.41) is 0. The molecule has 0 aliphatic rings. The van der Waals surface area contributed by atoms with Crippen molar-refractivity contribution in [3.8, 4) is 0 Å². The van der Waals surface area contributed by atoms with E-state index in [-0.39, 0.29) is 6.29 Å². The molecule has 13 heavy (non-hydrogen) atoms. The van der Waals surface area contributed by atoms with Gasteiger partial charge in [-0.2, -0.15) is 4.39 Å². The molecule has 0 radical (unpaired) electrons. The summed E-state index contributed by atoms with van der Waals surface area (Å²) in [5.74, 6) is -1.11. The van der Waals surface area contributed by atoms with Gasteiger partial charge in [0.15, 0.2) is 17.7 Å². The monoisotopic (exact) mass is 191 g/mol. The van der Waals surface area contributed by atoms with E-state index >= 15 is 0 Å². The van der Waals surface area contributed by atoms with Crippen molar-refractivity contribution >= 4 is 6.29 Å². The van der Waals surface area contributed by atoms with Gasteiger partial charge in [0.1, 0.15) is 0 Å². The number of hydrogen-bond acceptors (Lipinski definition) is 2. The lowest BCUT2D eigenvalue weighted by Gasteiger charge is -2.01. The van der Waals surface area contributed by atoms with E-state index in [1.165, 1.54) is 0 Å². The maximum absolute atomic E-state index is 12.4. The van der Waals surface area contributed by atoms with Crippen LogP contribution >= 0.6 is 0 Å². The Kier molecular flexibility index (Phi) is 2.50. The van der Waals surface area contributed by atoms with Crippen LogP contribution in [0.3, 0.4) is 0 Å². The molecule has 1 heterocycles. The fraction of sp³-hybridized carbons (Fsp3) is 0.143. The minimum atomic E-state index is -3.09. The minimum Gasteiger partial charge on any atom is -0.329 e. The summed E-state index contributed by atoms with van der Waals surface area (Å²) in [6.07, 6.45) is -3.11. The van der Waals surface area contributed by atoms with E-state index in [2.05, 4.69) is 0 Å². The lowest BCUT2D eigenvalue weighted by atomic mass is 10.2. The van der Waals surface area contributed by atoms with Crippen molar-refractivity contribution in [2.24, 2.45) is 0 Å². The van der Waals surface area contributed by atoms with Crippen molar-refractivity contribution < 1.29 is 18.0 Å². The summed E-state index contributed by atoms with van der Waals surface area (Å²) < 4.78 is 36.6. The summed E-state index contributed by atoms with van der Waals surface area (Å²) in [4.78, 5) is 22.7. The van der Waals surface area contributed by atoms with Gasteiger partial charge in [-0.25, -0.2) is 8.78 Å². The molecule has 1 aromatic heterocycles. The Morgan fingerprint density at radius 2 is 2.08 bits per heavy atom. The number of nitrogens with one attached hydrogen (secondary N) is 1. The van der Waals surface area contributed by atoms with E-state index < -0.39 is 29.1 Å². The van der Waals surface area contributed by atoms with Crippen LogP contribution in [0.2, 0.25) is 0 Å². The van der Waals surface area contributed by atoms with Gasteiger partial charge in [-0.1, -0.05) is 0 Å². The van der Waals surface area contributed by atoms with E-state index in [9.17, 15) is 22.8 Å². The third kappa shape index (κ3) is 1.77. The van der Waals surface area contributed by atoms with Crippen LogP contribution in [-0.4, -0.2) is 11.3 Å². The molecule has 0 unspecified atom stereocenters. The fourth-order valence-corrected chi connectivity index (χ4v) is 0.876. The van der Waals surface area contributed by atoms with Crippen LogP contribution in [0.5, 0.6) is 0 Å². The average molecular weight is 191 g/mol. The Bertz CT molecular complexity index is 386. The normalized spacial score (nSPS) is 10.5. The number of carbonyl (C=O) groups is 1. The van der Waals surface area contributed by atoms with Gasteiger partial charge in [0.05, 0.1) is 11.3 Å². The zero-order valence-corrected chi connectivity index (χ0v) is 6.18. The number of H-pyrrole nitrogens is 1. The number of aromatic amines is 1. The zero-order chi connectivity index (χ0) is 10.0. The molecule has 70 valence electrons. The van der Waals surface area contributed by atoms with Gasteiger partial charge in [0.2, 0.25) is 0 Å². The van der Waals surface area contributed by atoms with Crippen molar-refractivity contribution in [3.63, 3.8) is 0 Å². The van der Waals surface area contributed by atoms with Crippen LogP contribution in [0.1, 0.15) is 22.5 Å². The van der Waals surface area contributed by atoms with Gasteiger partial charge in [-0.3, -0.25) is 9.59 Å². The molecule has 0 saturated carbocycles. The van der Waals surface area contributed by atoms with Crippen molar-refractivity contribution in [2.45, 2.75) is 6.43 Å². The molecule has 0 aromatic carbocycles. The first-order chi connectivity index (χ1) is 6.06. The number of pyridine rings is 1. The van der Waals surface area contributed by atoms with Gasteiger partial charge >= 0.3 is 0 Å². The predicted molar refractivity (Wildman–Crippen MR) is 37.4 cm³/mol. The number of halogens is 3. The first-order valence-corrected chi connectivity index (χ1v) is 3.22. The summed E-state index contributed by atoms with van der Waals surface area (Å²) in [5.41, 5.74) is -2.91. The van der Waals surface area contributed by atoms with Gasteiger partial charge in [-0.05, 0) is 0 Å². The third-order valence-electron chi connectivity index (χ3n) is 1.40. The second-order valence-electron chi connectivity index (χ2n) is 2.23. The van der Waals surface area contributed by atoms with Crippen molar-refractivity contribution in [1.82, 2.24) is 4.98 Å². The lowest BCUT2D eigenvalue weighted by Crippen LogP contribution is -2.15. The van der Waals surface area contributed by atoms with Crippen molar-refractivity contribution in [3.05, 3.63) is 33.5 Å². The van der Waals surface area contributed by atoms with Gasteiger partial charge in [0.25, 0.3) is 6.43 Å². The molecule has 0 atom stereocenters. The quantitative estimate of drug-likeness (QED) is 0.565. The molecule has 0 saturated heterocycles. The molecule has 1 N–H and O–H groups in total. The van der Waals surface area contributed by atoms with Gasteiger partial charge < -0.3 is 4.98 Å². The average Bonchev–Trinajstić information content (AvgIpc) is 2.01. The number of aromatic nitrogens is 1. The molecule has 6 heteroatoms. The van der Waals surface area contributed by atoms with Crippen LogP contribution in [0.15, 0.2) is 10.9 Å². The molecule has 3 nitrogen and oxygen atoms in total. The molecule has 0 aliphatic carbocycles. The first kappa shape index (κ1) is 9.50. The standard InChI is InChI=1S/C7H4F3NO2/c8-5-1-4(13)6(7(9)10)3(2-12)11-5/h1-2,7H,(H,11,13). The second kappa shape index (κ2) is 3.42. The van der Waals surface area contributed by atoms with Crippen LogP contribution in [0.4, 0.5) is 13.2 Å². The number of aldehydes is 1. The zero-order valence-electron chi connectivity index (χ0n) is 6.18. The summed E-state index contributed by atoms with van der Waals surface area (Å²) in [6.45, 7) is 0. The number of hydrogen-bond donors (Lipinski definition) is 1. The summed E-state index contributed by atoms with van der Waals surface area (Å²) >= 11 is 0. The topological polar surface area (TPSA) is 49.9 Å². The lowest BCUT2D eigenvalue weighted by molar-refractivity contribution is 0.109. The highest BCUT2D eigenvalue weighted by Gasteiger charge is 2.18. The Balaban J connectivity index is 3.47. The highest BCUT2D eigenvalue weighted by Crippen LogP contribution is 2.16. The largest absolute Gasteiger partial charge is 0.329 e. The molecule has 0 fully saturated rings. The van der Waals surface area contributed by atoms with Crippen molar-refractivity contribution in [2.75, 3.05) is 0 Å². The Morgan fingerprint density at radius 1 is 1.46 bits per heavy atom. The third-order valence-corrected chi connectivity index (χ3v) is 1.40. The van der Waals surface area contributed by atoms with E-state index in [4.69, 9.17) is 0 Å². The Morgan fingerprint density at radius 3 is 2.54 bits per heavy atom. The van der Waals surface area contributed by atoms with E-state index in [0.29, 0.717) is 6.07 Å². The van der Waals surface area contributed by atoms with Crippen LogP contribution in [-0.2, 0) is 0 Å². The molecule has 1 rings (SSSR count). The molecule has 0 aliphatic heterocycles. The smallest absolute Gasteiger partial charge is 0.269 e. The number of rotatable bonds is 2. The minimum absolute atomic E-state index is 0.0219. The highest BCUT2D eigenvalue weighted by molar-refractivity contribution is 5.74. The summed E-state index contributed by atoms with van der Waals surface area (Å²) in [6, 6.07) is 0.370. The molecule has 0 amide bonds. The molecule has 1 aromatic rings. The van der Waals surface area contributed by atoms with Crippen LogP contribution < -0.4 is 5.43 Å². The van der Waals surface area contributed by atoms with Crippen molar-refractivity contribution in [1.29, 1.82) is 0 Å². The highest BCUT2D eigenvalue weighted by atomic mass is 19.3. The van der Waals surface area contributed by atoms with E-state index in [0.717, 1.165) is 0 Å². The molecule has 0 spiro atoms. The van der Waals surface area contributed by atoms with E-state index in [1.54, 1.807) is 4.98 Å². The van der Waals surface area contributed by atoms with Gasteiger partial charge in [-0.15, -0.1) is 0 Å². The maximum Gasteiger partial charge on any atom is 0.269 e. The molecular formula is C7H4F3NO2. The SMILES string of the molecule is O=Cc1[nH]c(F)cc(=O)c1C(F)F. The van der Waals surface area contributed by atoms with Gasteiger partial charge in [0, 0.05) is 6.07 Å². The number of alkyl halides is 2. The fourth-order valence-electron chi connectivity index (χ4n) is 0.876. The second-order valence-corrected chi connectivity index (χ2v) is 2.23. The molecule has 0 bridgehead atoms. The van der Waals surface area contributed by atoms with E-state index in [1.807, 2.05) is 0 Å². The van der Waals surface area contributed by atoms with Crippen LogP contribution in [0.25, 0.3) is 0 Å². The molecular weight excluding hydrogens is 187 g/mol. The number of carbonyl (C=O) groups excluding carboxylic acids is 1. The van der Waals surface area contributed by atoms with Crippen LogP contribution in [0, 0.1) is 5.95 Å². The summed E-state index contributed by atoms with van der Waals surface area (Å²) in [7, 11) is 0.